The summed E-state index contributed by atoms with van der Waals surface area (Å²) in [5, 5.41) is 4.06. The molecule has 1 heterocycles. The van der Waals surface area contributed by atoms with Crippen LogP contribution in [0.5, 0.6) is 0 Å². The quantitative estimate of drug-likeness (QED) is 0.844. The minimum absolute atomic E-state index is 0.579. The van der Waals surface area contributed by atoms with Crippen LogP contribution < -0.4 is 5.32 Å². The van der Waals surface area contributed by atoms with Gasteiger partial charge in [0.05, 0.1) is 5.52 Å². The molecule has 0 saturated carbocycles. The normalized spacial score (nSPS) is 11.5. The molecular weight excluding hydrogens is 210 g/mol. The average Bonchev–Trinajstić information content (AvgIpc) is 2.69. The molecule has 0 unspecified atom stereocenters. The van der Waals surface area contributed by atoms with Gasteiger partial charge in [-0.05, 0) is 30.3 Å². The van der Waals surface area contributed by atoms with Crippen molar-refractivity contribution in [1.82, 2.24) is 9.88 Å². The summed E-state index contributed by atoms with van der Waals surface area (Å²) in [5.74, 6) is 0. The summed E-state index contributed by atoms with van der Waals surface area (Å²) in [6, 6.07) is 7.28. The molecular formula is C12H14F2N2. The lowest BCUT2D eigenvalue weighted by atomic mass is 10.1. The molecule has 2 aromatic rings. The van der Waals surface area contributed by atoms with Gasteiger partial charge in [-0.15, -0.1) is 0 Å². The number of hydrogen-bond acceptors (Lipinski definition) is 1. The van der Waals surface area contributed by atoms with Crippen LogP contribution in [0.4, 0.5) is 8.78 Å². The fourth-order valence-corrected chi connectivity index (χ4v) is 1.76. The molecule has 4 heteroatoms. The molecule has 1 N–H and O–H groups in total. The lowest BCUT2D eigenvalue weighted by Gasteiger charge is -2.05. The molecule has 0 radical (unpaired) electrons. The molecule has 0 fully saturated rings. The average molecular weight is 224 g/mol. The summed E-state index contributed by atoms with van der Waals surface area (Å²) in [6.45, 7) is 1.23. The number of fused-ring (bicyclic) bond motifs is 1. The first-order valence-electron chi connectivity index (χ1n) is 5.30. The van der Waals surface area contributed by atoms with Gasteiger partial charge in [0, 0.05) is 18.1 Å². The first-order valence-corrected chi connectivity index (χ1v) is 5.30. The number of halogens is 2. The standard InChI is InChI=1S/C12H14F2N2/c1-2-15-8-9-3-4-11-10(7-9)5-6-16(11)12(13)14/h3-7,12,15H,2,8H2,1H3. The second kappa shape index (κ2) is 4.61. The smallest absolute Gasteiger partial charge is 0.313 e. The van der Waals surface area contributed by atoms with E-state index in [4.69, 9.17) is 0 Å². The molecule has 0 atom stereocenters. The summed E-state index contributed by atoms with van der Waals surface area (Å²) in [4.78, 5) is 0. The van der Waals surface area contributed by atoms with Crippen molar-refractivity contribution in [3.8, 4) is 0 Å². The highest BCUT2D eigenvalue weighted by Gasteiger charge is 2.09. The van der Waals surface area contributed by atoms with E-state index < -0.39 is 6.55 Å². The highest BCUT2D eigenvalue weighted by Crippen LogP contribution is 2.22. The van der Waals surface area contributed by atoms with E-state index in [9.17, 15) is 8.78 Å². The largest absolute Gasteiger partial charge is 0.319 e. The van der Waals surface area contributed by atoms with Gasteiger partial charge in [0.1, 0.15) is 0 Å². The van der Waals surface area contributed by atoms with Crippen LogP contribution in [0.15, 0.2) is 30.5 Å². The number of nitrogens with one attached hydrogen (secondary N) is 1. The monoisotopic (exact) mass is 224 g/mol. The van der Waals surface area contributed by atoms with Crippen molar-refractivity contribution in [3.05, 3.63) is 36.0 Å². The zero-order chi connectivity index (χ0) is 11.5. The van der Waals surface area contributed by atoms with Gasteiger partial charge in [-0.3, -0.25) is 4.57 Å². The Labute approximate surface area is 92.9 Å². The predicted octanol–water partition coefficient (Wildman–Crippen LogP) is 3.15. The number of rotatable bonds is 4. The summed E-state index contributed by atoms with van der Waals surface area (Å²) in [7, 11) is 0. The van der Waals surface area contributed by atoms with E-state index in [1.54, 1.807) is 12.1 Å². The van der Waals surface area contributed by atoms with E-state index in [-0.39, 0.29) is 0 Å². The van der Waals surface area contributed by atoms with Crippen LogP contribution in [-0.4, -0.2) is 11.1 Å². The molecule has 86 valence electrons. The van der Waals surface area contributed by atoms with E-state index in [0.717, 1.165) is 28.6 Å². The highest BCUT2D eigenvalue weighted by molar-refractivity contribution is 5.80. The molecule has 2 nitrogen and oxygen atoms in total. The van der Waals surface area contributed by atoms with E-state index in [0.29, 0.717) is 5.52 Å². The molecule has 0 aliphatic carbocycles. The number of benzene rings is 1. The van der Waals surface area contributed by atoms with E-state index >= 15 is 0 Å². The van der Waals surface area contributed by atoms with Gasteiger partial charge in [0.2, 0.25) is 0 Å². The van der Waals surface area contributed by atoms with Gasteiger partial charge < -0.3 is 5.32 Å². The third kappa shape index (κ3) is 2.07. The zero-order valence-electron chi connectivity index (χ0n) is 9.08. The van der Waals surface area contributed by atoms with Crippen molar-refractivity contribution in [1.29, 1.82) is 0 Å². The van der Waals surface area contributed by atoms with Gasteiger partial charge in [0.15, 0.2) is 0 Å². The van der Waals surface area contributed by atoms with Crippen LogP contribution in [0, 0.1) is 0 Å². The molecule has 0 aliphatic heterocycles. The van der Waals surface area contributed by atoms with Crippen molar-refractivity contribution in [2.75, 3.05) is 6.54 Å². The van der Waals surface area contributed by atoms with Gasteiger partial charge in [0.25, 0.3) is 0 Å². The fraction of sp³-hybridized carbons (Fsp3) is 0.333. The Kier molecular flexibility index (Phi) is 3.19. The molecule has 0 amide bonds. The van der Waals surface area contributed by atoms with E-state index in [2.05, 4.69) is 5.32 Å². The van der Waals surface area contributed by atoms with Gasteiger partial charge in [-0.1, -0.05) is 13.0 Å². The maximum absolute atomic E-state index is 12.6. The molecule has 0 bridgehead atoms. The second-order valence-electron chi connectivity index (χ2n) is 3.67. The molecule has 0 saturated heterocycles. The fourth-order valence-electron chi connectivity index (χ4n) is 1.76. The third-order valence-corrected chi connectivity index (χ3v) is 2.57. The summed E-state index contributed by atoms with van der Waals surface area (Å²) < 4.78 is 26.1. The van der Waals surface area contributed by atoms with Gasteiger partial charge in [-0.2, -0.15) is 8.78 Å². The topological polar surface area (TPSA) is 17.0 Å². The molecule has 1 aromatic heterocycles. The van der Waals surface area contributed by atoms with Crippen molar-refractivity contribution >= 4 is 10.9 Å². The van der Waals surface area contributed by atoms with Crippen molar-refractivity contribution < 1.29 is 8.78 Å². The molecule has 0 spiro atoms. The lowest BCUT2D eigenvalue weighted by Crippen LogP contribution is -2.11. The van der Waals surface area contributed by atoms with Crippen LogP contribution >= 0.6 is 0 Å². The minimum atomic E-state index is -2.47. The first kappa shape index (κ1) is 11.1. The third-order valence-electron chi connectivity index (χ3n) is 2.57. The lowest BCUT2D eigenvalue weighted by molar-refractivity contribution is 0.0752. The first-order chi connectivity index (χ1) is 7.72. The second-order valence-corrected chi connectivity index (χ2v) is 3.67. The number of hydrogen-bond donors (Lipinski definition) is 1. The van der Waals surface area contributed by atoms with Crippen molar-refractivity contribution in [2.45, 2.75) is 20.0 Å². The Morgan fingerprint density at radius 2 is 2.12 bits per heavy atom. The molecule has 16 heavy (non-hydrogen) atoms. The number of alkyl halides is 2. The SMILES string of the molecule is CCNCc1ccc2c(ccn2C(F)F)c1. The van der Waals surface area contributed by atoms with Gasteiger partial charge in [-0.25, -0.2) is 0 Å². The zero-order valence-corrected chi connectivity index (χ0v) is 9.08. The minimum Gasteiger partial charge on any atom is -0.313 e. The Morgan fingerprint density at radius 1 is 1.31 bits per heavy atom. The van der Waals surface area contributed by atoms with Crippen LogP contribution in [0.2, 0.25) is 0 Å². The van der Waals surface area contributed by atoms with Crippen LogP contribution in [0.1, 0.15) is 19.0 Å². The van der Waals surface area contributed by atoms with Gasteiger partial charge >= 0.3 is 6.55 Å². The van der Waals surface area contributed by atoms with Crippen molar-refractivity contribution in [2.24, 2.45) is 0 Å². The summed E-state index contributed by atoms with van der Waals surface area (Å²) >= 11 is 0. The maximum atomic E-state index is 12.6. The summed E-state index contributed by atoms with van der Waals surface area (Å²) in [5.41, 5.74) is 1.69. The summed E-state index contributed by atoms with van der Waals surface area (Å²) in [6.07, 6.45) is 1.42. The maximum Gasteiger partial charge on any atom is 0.319 e. The van der Waals surface area contributed by atoms with Crippen LogP contribution in [0.3, 0.4) is 0 Å². The van der Waals surface area contributed by atoms with Crippen molar-refractivity contribution in [3.63, 3.8) is 0 Å². The Hall–Kier alpha value is -1.42. The highest BCUT2D eigenvalue weighted by atomic mass is 19.3. The van der Waals surface area contributed by atoms with Crippen LogP contribution in [-0.2, 0) is 6.54 Å². The Bertz CT molecular complexity index is 477. The number of aromatic nitrogens is 1. The molecule has 0 aliphatic rings. The molecule has 1 aromatic carbocycles. The number of nitrogens with zero attached hydrogens (tertiary/aromatic N) is 1. The Morgan fingerprint density at radius 3 is 2.81 bits per heavy atom. The predicted molar refractivity (Wildman–Crippen MR) is 60.6 cm³/mol. The molecule has 2 rings (SSSR count). The Balaban J connectivity index is 2.33. The van der Waals surface area contributed by atoms with E-state index in [1.165, 1.54) is 6.20 Å². The van der Waals surface area contributed by atoms with Crippen LogP contribution in [0.25, 0.3) is 10.9 Å². The van der Waals surface area contributed by atoms with E-state index in [1.807, 2.05) is 19.1 Å².